The lowest BCUT2D eigenvalue weighted by Crippen LogP contribution is -2.52. The van der Waals surface area contributed by atoms with Gasteiger partial charge in [-0.1, -0.05) is 48.5 Å². The molecule has 5 nitrogen and oxygen atoms in total. The van der Waals surface area contributed by atoms with E-state index in [1.165, 1.54) is 0 Å². The van der Waals surface area contributed by atoms with Crippen molar-refractivity contribution in [1.82, 2.24) is 4.90 Å². The van der Waals surface area contributed by atoms with Crippen LogP contribution in [0.5, 0.6) is 5.75 Å². The second-order valence-electron chi connectivity index (χ2n) is 7.55. The van der Waals surface area contributed by atoms with Gasteiger partial charge in [0.1, 0.15) is 11.8 Å². The molecule has 0 spiro atoms. The number of primary amides is 1. The van der Waals surface area contributed by atoms with Crippen LogP contribution in [0.3, 0.4) is 0 Å². The monoisotopic (exact) mass is 388 g/mol. The molecule has 1 aliphatic heterocycles. The lowest BCUT2D eigenvalue weighted by atomic mass is 9.90. The number of hydrogen-bond acceptors (Lipinski definition) is 3. The van der Waals surface area contributed by atoms with Gasteiger partial charge in [-0.3, -0.25) is 9.59 Å². The van der Waals surface area contributed by atoms with Crippen molar-refractivity contribution in [1.29, 1.82) is 0 Å². The SMILES string of the molecule is COc1ccc2cc([C@@H](C)C(=O)N3Cc4ccccc4C[C@@H]3C(N)=O)ccc2c1. The molecule has 0 aliphatic carbocycles. The summed E-state index contributed by atoms with van der Waals surface area (Å²) in [7, 11) is 1.64. The first kappa shape index (κ1) is 19.0. The Hall–Kier alpha value is -3.34. The molecule has 0 bridgehead atoms. The Morgan fingerprint density at radius 2 is 1.72 bits per heavy atom. The molecule has 0 saturated heterocycles. The topological polar surface area (TPSA) is 72.6 Å². The van der Waals surface area contributed by atoms with Crippen LogP contribution in [0.4, 0.5) is 0 Å². The van der Waals surface area contributed by atoms with Crippen molar-refractivity contribution in [2.45, 2.75) is 31.8 Å². The smallest absolute Gasteiger partial charge is 0.240 e. The van der Waals surface area contributed by atoms with Crippen molar-refractivity contribution in [3.8, 4) is 5.75 Å². The van der Waals surface area contributed by atoms with E-state index in [1.807, 2.05) is 67.6 Å². The quantitative estimate of drug-likeness (QED) is 0.745. The Bertz CT molecular complexity index is 1090. The summed E-state index contributed by atoms with van der Waals surface area (Å²) in [6.07, 6.45) is 0.460. The average Bonchev–Trinajstić information content (AvgIpc) is 2.76. The number of benzene rings is 3. The first-order valence-electron chi connectivity index (χ1n) is 9.72. The highest BCUT2D eigenvalue weighted by Crippen LogP contribution is 2.30. The largest absolute Gasteiger partial charge is 0.497 e. The lowest BCUT2D eigenvalue weighted by molar-refractivity contribution is -0.141. The molecule has 3 aromatic carbocycles. The van der Waals surface area contributed by atoms with Crippen LogP contribution in [-0.2, 0) is 22.6 Å². The van der Waals surface area contributed by atoms with Crippen LogP contribution in [0.25, 0.3) is 10.8 Å². The number of carbonyl (C=O) groups excluding carboxylic acids is 2. The van der Waals surface area contributed by atoms with E-state index < -0.39 is 11.9 Å². The van der Waals surface area contributed by atoms with Gasteiger partial charge in [-0.25, -0.2) is 0 Å². The highest BCUT2D eigenvalue weighted by atomic mass is 16.5. The van der Waals surface area contributed by atoms with Gasteiger partial charge in [-0.15, -0.1) is 0 Å². The minimum absolute atomic E-state index is 0.0869. The third kappa shape index (κ3) is 3.56. The van der Waals surface area contributed by atoms with Crippen molar-refractivity contribution >= 4 is 22.6 Å². The number of hydrogen-bond donors (Lipinski definition) is 1. The fraction of sp³-hybridized carbons (Fsp3) is 0.250. The van der Waals surface area contributed by atoms with Crippen LogP contribution >= 0.6 is 0 Å². The standard InChI is InChI=1S/C24H24N2O3/c1-15(16-7-8-19-12-21(29-2)10-9-18(19)11-16)24(28)26-14-20-6-4-3-5-17(20)13-22(26)23(25)27/h3-12,15,22H,13-14H2,1-2H3,(H2,25,27)/t15-,22-/m1/s1. The van der Waals surface area contributed by atoms with Crippen molar-refractivity contribution in [2.75, 3.05) is 7.11 Å². The van der Waals surface area contributed by atoms with Gasteiger partial charge < -0.3 is 15.4 Å². The number of fused-ring (bicyclic) bond motifs is 2. The van der Waals surface area contributed by atoms with E-state index in [1.54, 1.807) is 12.0 Å². The molecule has 3 aromatic rings. The fourth-order valence-corrected chi connectivity index (χ4v) is 4.04. The molecule has 0 radical (unpaired) electrons. The maximum absolute atomic E-state index is 13.4. The van der Waals surface area contributed by atoms with E-state index >= 15 is 0 Å². The number of nitrogens with two attached hydrogens (primary N) is 1. The highest BCUT2D eigenvalue weighted by molar-refractivity contribution is 5.92. The molecule has 29 heavy (non-hydrogen) atoms. The fourth-order valence-electron chi connectivity index (χ4n) is 4.04. The molecule has 148 valence electrons. The molecule has 1 heterocycles. The summed E-state index contributed by atoms with van der Waals surface area (Å²) in [6, 6.07) is 19.1. The minimum Gasteiger partial charge on any atom is -0.497 e. The van der Waals surface area contributed by atoms with Crippen LogP contribution in [0, 0.1) is 0 Å². The first-order chi connectivity index (χ1) is 14.0. The predicted octanol–water partition coefficient (Wildman–Crippen LogP) is 3.39. The molecule has 4 rings (SSSR count). The molecule has 0 aromatic heterocycles. The van der Waals surface area contributed by atoms with Crippen molar-refractivity contribution in [2.24, 2.45) is 5.73 Å². The van der Waals surface area contributed by atoms with Crippen molar-refractivity contribution in [3.63, 3.8) is 0 Å². The van der Waals surface area contributed by atoms with E-state index in [-0.39, 0.29) is 11.8 Å². The van der Waals surface area contributed by atoms with Crippen LogP contribution in [0.1, 0.15) is 29.5 Å². The first-order valence-corrected chi connectivity index (χ1v) is 9.72. The summed E-state index contributed by atoms with van der Waals surface area (Å²) in [4.78, 5) is 27.1. The van der Waals surface area contributed by atoms with E-state index in [2.05, 4.69) is 0 Å². The summed E-state index contributed by atoms with van der Waals surface area (Å²) < 4.78 is 5.28. The Morgan fingerprint density at radius 3 is 2.45 bits per heavy atom. The number of rotatable bonds is 4. The van der Waals surface area contributed by atoms with Crippen molar-refractivity contribution < 1.29 is 14.3 Å². The molecule has 1 aliphatic rings. The molecule has 0 unspecified atom stereocenters. The number of amides is 2. The summed E-state index contributed by atoms with van der Waals surface area (Å²) in [6.45, 7) is 2.28. The van der Waals surface area contributed by atoms with E-state index in [9.17, 15) is 9.59 Å². The van der Waals surface area contributed by atoms with Gasteiger partial charge >= 0.3 is 0 Å². The molecule has 2 amide bonds. The van der Waals surface area contributed by atoms with E-state index in [4.69, 9.17) is 10.5 Å². The van der Waals surface area contributed by atoms with Gasteiger partial charge in [-0.05, 0) is 46.5 Å². The van der Waals surface area contributed by atoms with E-state index in [0.717, 1.165) is 33.2 Å². The van der Waals surface area contributed by atoms with Gasteiger partial charge in [0.25, 0.3) is 0 Å². The van der Waals surface area contributed by atoms with Gasteiger partial charge in [0, 0.05) is 13.0 Å². The molecule has 2 N–H and O–H groups in total. The highest BCUT2D eigenvalue weighted by Gasteiger charge is 2.35. The van der Waals surface area contributed by atoms with Crippen molar-refractivity contribution in [3.05, 3.63) is 77.4 Å². The van der Waals surface area contributed by atoms with Crippen LogP contribution in [0.15, 0.2) is 60.7 Å². The second-order valence-corrected chi connectivity index (χ2v) is 7.55. The second kappa shape index (κ2) is 7.59. The Balaban J connectivity index is 1.64. The molecular formula is C24H24N2O3. The molecule has 0 saturated carbocycles. The third-order valence-electron chi connectivity index (χ3n) is 5.80. The Kier molecular flexibility index (Phi) is 4.97. The normalized spacial score (nSPS) is 16.9. The minimum atomic E-state index is -0.621. The summed E-state index contributed by atoms with van der Waals surface area (Å²) in [5.41, 5.74) is 8.70. The van der Waals surface area contributed by atoms with Crippen LogP contribution in [-0.4, -0.2) is 29.9 Å². The van der Waals surface area contributed by atoms with Crippen LogP contribution < -0.4 is 10.5 Å². The molecule has 5 heteroatoms. The zero-order chi connectivity index (χ0) is 20.5. The number of carbonyl (C=O) groups is 2. The zero-order valence-electron chi connectivity index (χ0n) is 16.6. The van der Waals surface area contributed by atoms with E-state index in [0.29, 0.717) is 13.0 Å². The number of nitrogens with zero attached hydrogens (tertiary/aromatic N) is 1. The lowest BCUT2D eigenvalue weighted by Gasteiger charge is -2.36. The third-order valence-corrected chi connectivity index (χ3v) is 5.80. The molecular weight excluding hydrogens is 364 g/mol. The van der Waals surface area contributed by atoms with Gasteiger partial charge in [-0.2, -0.15) is 0 Å². The Labute approximate surface area is 170 Å². The maximum atomic E-state index is 13.4. The predicted molar refractivity (Wildman–Crippen MR) is 113 cm³/mol. The van der Waals surface area contributed by atoms with Gasteiger partial charge in [0.2, 0.25) is 11.8 Å². The van der Waals surface area contributed by atoms with Gasteiger partial charge in [0.15, 0.2) is 0 Å². The number of ether oxygens (including phenoxy) is 1. The number of methoxy groups -OCH3 is 1. The molecule has 2 atom stereocenters. The Morgan fingerprint density at radius 1 is 1.03 bits per heavy atom. The van der Waals surface area contributed by atoms with Crippen LogP contribution in [0.2, 0.25) is 0 Å². The summed E-state index contributed by atoms with van der Waals surface area (Å²) in [5, 5.41) is 2.09. The average molecular weight is 388 g/mol. The maximum Gasteiger partial charge on any atom is 0.240 e. The molecule has 0 fully saturated rings. The summed E-state index contributed by atoms with van der Waals surface area (Å²) in [5.74, 6) is -0.138. The zero-order valence-corrected chi connectivity index (χ0v) is 16.6. The van der Waals surface area contributed by atoms with Gasteiger partial charge in [0.05, 0.1) is 13.0 Å². The summed E-state index contributed by atoms with van der Waals surface area (Å²) >= 11 is 0.